The first-order chi connectivity index (χ1) is 9.16. The molecule has 0 saturated heterocycles. The topological polar surface area (TPSA) is 54.3 Å². The van der Waals surface area contributed by atoms with Gasteiger partial charge >= 0.3 is 0 Å². The third-order valence-electron chi connectivity index (χ3n) is 2.69. The normalized spacial score (nSPS) is 12.1. The number of benzene rings is 1. The van der Waals surface area contributed by atoms with Crippen LogP contribution in [0.2, 0.25) is 0 Å². The molecule has 0 aliphatic heterocycles. The van der Waals surface area contributed by atoms with Gasteiger partial charge in [0.15, 0.2) is 0 Å². The number of furan rings is 1. The summed E-state index contributed by atoms with van der Waals surface area (Å²) < 4.78 is 6.29. The van der Waals surface area contributed by atoms with Gasteiger partial charge in [0, 0.05) is 3.57 Å². The second-order valence-corrected chi connectivity index (χ2v) is 5.31. The highest BCUT2D eigenvalue weighted by Crippen LogP contribution is 2.17. The van der Waals surface area contributed by atoms with Crippen LogP contribution in [0.3, 0.4) is 0 Å². The van der Waals surface area contributed by atoms with E-state index in [-0.39, 0.29) is 18.5 Å². The molecular weight excluding hydrogens is 355 g/mol. The molecule has 1 amide bonds. The van der Waals surface area contributed by atoms with Gasteiger partial charge in [0.1, 0.15) is 5.76 Å². The molecule has 0 fully saturated rings. The van der Waals surface area contributed by atoms with E-state index in [1.807, 2.05) is 43.3 Å². The van der Waals surface area contributed by atoms with E-state index in [2.05, 4.69) is 33.2 Å². The van der Waals surface area contributed by atoms with Crippen LogP contribution in [0.1, 0.15) is 18.7 Å². The number of amides is 1. The summed E-state index contributed by atoms with van der Waals surface area (Å²) >= 11 is 2.19. The number of halogens is 1. The number of anilines is 1. The average Bonchev–Trinajstić information content (AvgIpc) is 2.93. The molecule has 0 saturated carbocycles. The number of nitrogens with one attached hydrogen (secondary N) is 2. The van der Waals surface area contributed by atoms with Gasteiger partial charge in [-0.15, -0.1) is 0 Å². The van der Waals surface area contributed by atoms with E-state index in [4.69, 9.17) is 4.42 Å². The van der Waals surface area contributed by atoms with Crippen molar-refractivity contribution in [1.29, 1.82) is 0 Å². The maximum absolute atomic E-state index is 11.8. The van der Waals surface area contributed by atoms with Crippen LogP contribution in [0.5, 0.6) is 0 Å². The molecule has 0 aliphatic rings. The Morgan fingerprint density at radius 2 is 2.11 bits per heavy atom. The van der Waals surface area contributed by atoms with E-state index >= 15 is 0 Å². The zero-order chi connectivity index (χ0) is 13.7. The standard InChI is InChI=1S/C14H15IN2O2/c1-10(13-7-4-8-19-13)16-9-14(18)17-12-6-3-2-5-11(12)15/h2-8,10,16H,9H2,1H3,(H,17,18)/t10-/m1/s1. The van der Waals surface area contributed by atoms with E-state index in [0.717, 1.165) is 15.0 Å². The number of hydrogen-bond acceptors (Lipinski definition) is 3. The van der Waals surface area contributed by atoms with Crippen molar-refractivity contribution in [3.05, 3.63) is 52.0 Å². The van der Waals surface area contributed by atoms with Crippen LogP contribution in [-0.2, 0) is 4.79 Å². The summed E-state index contributed by atoms with van der Waals surface area (Å²) in [5.41, 5.74) is 0.834. The number of rotatable bonds is 5. The van der Waals surface area contributed by atoms with Gasteiger partial charge in [0.25, 0.3) is 0 Å². The molecule has 1 heterocycles. The van der Waals surface area contributed by atoms with Crippen LogP contribution in [0.4, 0.5) is 5.69 Å². The molecule has 1 atom stereocenters. The predicted molar refractivity (Wildman–Crippen MR) is 82.9 cm³/mol. The maximum atomic E-state index is 11.8. The van der Waals surface area contributed by atoms with Crippen molar-refractivity contribution in [3.63, 3.8) is 0 Å². The summed E-state index contributed by atoms with van der Waals surface area (Å²) in [7, 11) is 0. The van der Waals surface area contributed by atoms with Gasteiger partial charge in [-0.2, -0.15) is 0 Å². The van der Waals surface area contributed by atoms with Crippen LogP contribution in [0.25, 0.3) is 0 Å². The van der Waals surface area contributed by atoms with Crippen molar-refractivity contribution in [1.82, 2.24) is 5.32 Å². The fraction of sp³-hybridized carbons (Fsp3) is 0.214. The molecule has 0 aliphatic carbocycles. The highest BCUT2D eigenvalue weighted by molar-refractivity contribution is 14.1. The Balaban J connectivity index is 1.84. The molecule has 0 spiro atoms. The zero-order valence-electron chi connectivity index (χ0n) is 10.5. The molecule has 1 aromatic heterocycles. The molecule has 4 nitrogen and oxygen atoms in total. The maximum Gasteiger partial charge on any atom is 0.238 e. The summed E-state index contributed by atoms with van der Waals surface area (Å²) in [6, 6.07) is 11.4. The van der Waals surface area contributed by atoms with Crippen molar-refractivity contribution in [2.45, 2.75) is 13.0 Å². The first kappa shape index (κ1) is 14.1. The van der Waals surface area contributed by atoms with Gasteiger partial charge in [-0.1, -0.05) is 12.1 Å². The first-order valence-corrected chi connectivity index (χ1v) is 7.06. The van der Waals surface area contributed by atoms with E-state index in [1.54, 1.807) is 6.26 Å². The van der Waals surface area contributed by atoms with Gasteiger partial charge in [-0.3, -0.25) is 10.1 Å². The summed E-state index contributed by atoms with van der Waals surface area (Å²) in [5, 5.41) is 5.99. The lowest BCUT2D eigenvalue weighted by Crippen LogP contribution is -2.30. The van der Waals surface area contributed by atoms with Crippen LogP contribution in [0, 0.1) is 3.57 Å². The van der Waals surface area contributed by atoms with Crippen molar-refractivity contribution in [2.75, 3.05) is 11.9 Å². The lowest BCUT2D eigenvalue weighted by atomic mass is 10.2. The monoisotopic (exact) mass is 370 g/mol. The average molecular weight is 370 g/mol. The van der Waals surface area contributed by atoms with E-state index in [1.165, 1.54) is 0 Å². The Morgan fingerprint density at radius 3 is 2.79 bits per heavy atom. The third-order valence-corrected chi connectivity index (χ3v) is 3.63. The second kappa shape index (κ2) is 6.72. The Labute approximate surface area is 125 Å². The van der Waals surface area contributed by atoms with E-state index in [9.17, 15) is 4.79 Å². The first-order valence-electron chi connectivity index (χ1n) is 5.98. The number of hydrogen-bond donors (Lipinski definition) is 2. The molecule has 2 N–H and O–H groups in total. The highest BCUT2D eigenvalue weighted by Gasteiger charge is 2.10. The molecule has 0 bridgehead atoms. The van der Waals surface area contributed by atoms with E-state index in [0.29, 0.717) is 0 Å². The largest absolute Gasteiger partial charge is 0.468 e. The van der Waals surface area contributed by atoms with Gasteiger partial charge in [-0.25, -0.2) is 0 Å². The SMILES string of the molecule is C[C@@H](NCC(=O)Nc1ccccc1I)c1ccco1. The van der Waals surface area contributed by atoms with Crippen molar-refractivity contribution in [3.8, 4) is 0 Å². The Morgan fingerprint density at radius 1 is 1.32 bits per heavy atom. The molecular formula is C14H15IN2O2. The minimum absolute atomic E-state index is 0.00981. The highest BCUT2D eigenvalue weighted by atomic mass is 127. The summed E-state index contributed by atoms with van der Waals surface area (Å²) in [4.78, 5) is 11.8. The summed E-state index contributed by atoms with van der Waals surface area (Å²) in [5.74, 6) is 0.754. The van der Waals surface area contributed by atoms with Crippen LogP contribution in [0.15, 0.2) is 47.1 Å². The number of carbonyl (C=O) groups is 1. The van der Waals surface area contributed by atoms with Crippen molar-refractivity contribution in [2.24, 2.45) is 0 Å². The van der Waals surface area contributed by atoms with Gasteiger partial charge in [-0.05, 0) is 53.8 Å². The van der Waals surface area contributed by atoms with Crippen molar-refractivity contribution < 1.29 is 9.21 Å². The Kier molecular flexibility index (Phi) is 4.98. The Hall–Kier alpha value is -1.34. The number of carbonyl (C=O) groups excluding carboxylic acids is 1. The van der Waals surface area contributed by atoms with Crippen LogP contribution < -0.4 is 10.6 Å². The molecule has 5 heteroatoms. The molecule has 0 unspecified atom stereocenters. The van der Waals surface area contributed by atoms with Gasteiger partial charge in [0.05, 0.1) is 24.5 Å². The van der Waals surface area contributed by atoms with Crippen LogP contribution in [-0.4, -0.2) is 12.5 Å². The third kappa shape index (κ3) is 4.07. The smallest absolute Gasteiger partial charge is 0.238 e. The quantitative estimate of drug-likeness (QED) is 0.795. The minimum Gasteiger partial charge on any atom is -0.468 e. The molecule has 1 aromatic carbocycles. The summed E-state index contributed by atoms with van der Waals surface area (Å²) in [6.45, 7) is 2.20. The fourth-order valence-corrected chi connectivity index (χ4v) is 2.16. The molecule has 100 valence electrons. The molecule has 2 aromatic rings. The van der Waals surface area contributed by atoms with Gasteiger partial charge in [0.2, 0.25) is 5.91 Å². The zero-order valence-corrected chi connectivity index (χ0v) is 12.7. The van der Waals surface area contributed by atoms with E-state index < -0.39 is 0 Å². The Bertz CT molecular complexity index is 540. The van der Waals surface area contributed by atoms with Crippen LogP contribution >= 0.6 is 22.6 Å². The second-order valence-electron chi connectivity index (χ2n) is 4.15. The molecule has 0 radical (unpaired) electrons. The minimum atomic E-state index is -0.0671. The predicted octanol–water partition coefficient (Wildman–Crippen LogP) is 3.17. The molecule has 19 heavy (non-hydrogen) atoms. The fourth-order valence-electron chi connectivity index (χ4n) is 1.64. The lowest BCUT2D eigenvalue weighted by Gasteiger charge is -2.12. The lowest BCUT2D eigenvalue weighted by molar-refractivity contribution is -0.115. The van der Waals surface area contributed by atoms with Crippen molar-refractivity contribution >= 4 is 34.2 Å². The molecule has 2 rings (SSSR count). The number of para-hydroxylation sites is 1. The van der Waals surface area contributed by atoms with Gasteiger partial charge < -0.3 is 9.73 Å². The summed E-state index contributed by atoms with van der Waals surface area (Å²) in [6.07, 6.45) is 1.62.